The van der Waals surface area contributed by atoms with Crippen LogP contribution in [0.25, 0.3) is 0 Å². The highest BCUT2D eigenvalue weighted by Gasteiger charge is 2.25. The lowest BCUT2D eigenvalue weighted by Crippen LogP contribution is -2.46. The first-order valence-corrected chi connectivity index (χ1v) is 9.51. The van der Waals surface area contributed by atoms with Crippen molar-refractivity contribution >= 4 is 5.96 Å². The number of methoxy groups -OCH3 is 1. The van der Waals surface area contributed by atoms with E-state index in [0.29, 0.717) is 19.1 Å². The van der Waals surface area contributed by atoms with E-state index in [2.05, 4.69) is 27.0 Å². The zero-order chi connectivity index (χ0) is 17.2. The molecule has 0 spiro atoms. The molecule has 2 saturated heterocycles. The van der Waals surface area contributed by atoms with Gasteiger partial charge in [0.05, 0.1) is 19.8 Å². The van der Waals surface area contributed by atoms with Crippen LogP contribution in [0.15, 0.2) is 4.99 Å². The van der Waals surface area contributed by atoms with Crippen LogP contribution in [0.5, 0.6) is 0 Å². The minimum atomic E-state index is 0.600. The van der Waals surface area contributed by atoms with Gasteiger partial charge >= 0.3 is 0 Å². The second-order valence-electron chi connectivity index (χ2n) is 7.02. The number of nitrogens with zero attached hydrogens (tertiary/aromatic N) is 3. The molecule has 2 unspecified atom stereocenters. The molecule has 2 rings (SSSR count). The molecule has 0 saturated carbocycles. The largest absolute Gasteiger partial charge is 0.382 e. The normalized spacial score (nSPS) is 26.1. The summed E-state index contributed by atoms with van der Waals surface area (Å²) in [4.78, 5) is 9.43. The Balaban J connectivity index is 1.64. The highest BCUT2D eigenvalue weighted by Crippen LogP contribution is 2.17. The van der Waals surface area contributed by atoms with E-state index >= 15 is 0 Å². The highest BCUT2D eigenvalue weighted by molar-refractivity contribution is 5.80. The van der Waals surface area contributed by atoms with Gasteiger partial charge in [0.1, 0.15) is 0 Å². The summed E-state index contributed by atoms with van der Waals surface area (Å²) in [5, 5.41) is 3.55. The van der Waals surface area contributed by atoms with E-state index in [1.54, 1.807) is 7.11 Å². The number of hydrogen-bond donors (Lipinski definition) is 1. The van der Waals surface area contributed by atoms with E-state index in [-0.39, 0.29) is 0 Å². The topological polar surface area (TPSA) is 49.3 Å². The molecule has 6 nitrogen and oxygen atoms in total. The third-order valence-corrected chi connectivity index (χ3v) is 5.21. The molecule has 0 bridgehead atoms. The molecule has 2 heterocycles. The first-order valence-electron chi connectivity index (χ1n) is 9.51. The Hall–Kier alpha value is -0.850. The Labute approximate surface area is 147 Å². The summed E-state index contributed by atoms with van der Waals surface area (Å²) >= 11 is 0. The summed E-state index contributed by atoms with van der Waals surface area (Å²) < 4.78 is 10.7. The Morgan fingerprint density at radius 2 is 2.08 bits per heavy atom. The molecule has 0 aromatic heterocycles. The molecule has 0 aromatic carbocycles. The average Bonchev–Trinajstić information content (AvgIpc) is 3.06. The minimum absolute atomic E-state index is 0.600. The van der Waals surface area contributed by atoms with Crippen molar-refractivity contribution in [1.29, 1.82) is 0 Å². The van der Waals surface area contributed by atoms with Crippen molar-refractivity contribution in [2.75, 3.05) is 66.7 Å². The fourth-order valence-corrected chi connectivity index (χ4v) is 3.69. The summed E-state index contributed by atoms with van der Waals surface area (Å²) in [6, 6.07) is 0.725. The third kappa shape index (κ3) is 6.22. The molecule has 1 N–H and O–H groups in total. The van der Waals surface area contributed by atoms with Gasteiger partial charge in [0.15, 0.2) is 5.96 Å². The molecular formula is C18H36N4O2. The molecule has 2 fully saturated rings. The monoisotopic (exact) mass is 340 g/mol. The summed E-state index contributed by atoms with van der Waals surface area (Å²) in [6.45, 7) is 9.96. The van der Waals surface area contributed by atoms with Gasteiger partial charge in [0.2, 0.25) is 0 Å². The third-order valence-electron chi connectivity index (χ3n) is 5.21. The van der Waals surface area contributed by atoms with Crippen LogP contribution in [0.2, 0.25) is 0 Å². The fourth-order valence-electron chi connectivity index (χ4n) is 3.69. The maximum absolute atomic E-state index is 5.67. The van der Waals surface area contributed by atoms with Gasteiger partial charge in [-0.3, -0.25) is 9.89 Å². The Morgan fingerprint density at radius 3 is 2.83 bits per heavy atom. The molecule has 140 valence electrons. The van der Waals surface area contributed by atoms with Gasteiger partial charge in [0, 0.05) is 52.3 Å². The maximum atomic E-state index is 5.67. The minimum Gasteiger partial charge on any atom is -0.382 e. The zero-order valence-corrected chi connectivity index (χ0v) is 15.8. The summed E-state index contributed by atoms with van der Waals surface area (Å²) in [7, 11) is 3.59. The zero-order valence-electron chi connectivity index (χ0n) is 15.8. The fraction of sp³-hybridized carbons (Fsp3) is 0.944. The molecule has 2 atom stereocenters. The van der Waals surface area contributed by atoms with Gasteiger partial charge in [-0.05, 0) is 32.7 Å². The molecule has 0 radical (unpaired) electrons. The van der Waals surface area contributed by atoms with Crippen molar-refractivity contribution in [3.05, 3.63) is 0 Å². The molecule has 2 aliphatic heterocycles. The standard InChI is InChI=1S/C18H36N4O2/c1-16-6-4-5-9-21(16)11-8-20-18(19-2)22-10-7-17(14-22)15-24-13-12-23-3/h16-17H,4-15H2,1-3H3,(H,19,20). The van der Waals surface area contributed by atoms with E-state index in [1.165, 1.54) is 32.2 Å². The van der Waals surface area contributed by atoms with Crippen molar-refractivity contribution in [1.82, 2.24) is 15.1 Å². The maximum Gasteiger partial charge on any atom is 0.193 e. The number of likely N-dealkylation sites (tertiary alicyclic amines) is 2. The SMILES string of the molecule is CN=C(NCCN1CCCCC1C)N1CCC(COCCOC)C1. The molecule has 6 heteroatoms. The van der Waals surface area contributed by atoms with Gasteiger partial charge in [-0.1, -0.05) is 6.42 Å². The van der Waals surface area contributed by atoms with Crippen LogP contribution in [0.4, 0.5) is 0 Å². The van der Waals surface area contributed by atoms with Crippen LogP contribution in [0.3, 0.4) is 0 Å². The second kappa shape index (κ2) is 10.9. The van der Waals surface area contributed by atoms with Crippen LogP contribution in [0.1, 0.15) is 32.6 Å². The summed E-state index contributed by atoms with van der Waals surface area (Å²) in [6.07, 6.45) is 5.24. The number of guanidine groups is 1. The van der Waals surface area contributed by atoms with Gasteiger partial charge in [-0.15, -0.1) is 0 Å². The number of nitrogens with one attached hydrogen (secondary N) is 1. The van der Waals surface area contributed by atoms with E-state index < -0.39 is 0 Å². The lowest BCUT2D eigenvalue weighted by atomic mass is 10.0. The second-order valence-corrected chi connectivity index (χ2v) is 7.02. The number of piperidine rings is 1. The van der Waals surface area contributed by atoms with Crippen molar-refractivity contribution in [2.24, 2.45) is 10.9 Å². The summed E-state index contributed by atoms with van der Waals surface area (Å²) in [5.41, 5.74) is 0. The summed E-state index contributed by atoms with van der Waals surface area (Å²) in [5.74, 6) is 1.64. The van der Waals surface area contributed by atoms with Crippen LogP contribution < -0.4 is 5.32 Å². The Morgan fingerprint density at radius 1 is 1.21 bits per heavy atom. The van der Waals surface area contributed by atoms with Gasteiger partial charge in [-0.25, -0.2) is 0 Å². The van der Waals surface area contributed by atoms with Crippen molar-refractivity contribution < 1.29 is 9.47 Å². The number of aliphatic imine (C=N–C) groups is 1. The molecule has 0 aliphatic carbocycles. The van der Waals surface area contributed by atoms with Crippen molar-refractivity contribution in [3.8, 4) is 0 Å². The van der Waals surface area contributed by atoms with Crippen LogP contribution in [-0.2, 0) is 9.47 Å². The highest BCUT2D eigenvalue weighted by atomic mass is 16.5. The lowest BCUT2D eigenvalue weighted by Gasteiger charge is -2.33. The van der Waals surface area contributed by atoms with Gasteiger partial charge in [-0.2, -0.15) is 0 Å². The van der Waals surface area contributed by atoms with E-state index in [4.69, 9.17) is 9.47 Å². The molecule has 0 aromatic rings. The Bertz CT molecular complexity index is 378. The predicted octanol–water partition coefficient (Wildman–Crippen LogP) is 1.42. The first kappa shape index (κ1) is 19.5. The average molecular weight is 341 g/mol. The number of hydrogen-bond acceptors (Lipinski definition) is 4. The van der Waals surface area contributed by atoms with Crippen LogP contribution >= 0.6 is 0 Å². The van der Waals surface area contributed by atoms with Gasteiger partial charge < -0.3 is 19.7 Å². The molecule has 2 aliphatic rings. The number of rotatable bonds is 8. The quantitative estimate of drug-likeness (QED) is 0.411. The predicted molar refractivity (Wildman–Crippen MR) is 98.6 cm³/mol. The molecule has 24 heavy (non-hydrogen) atoms. The van der Waals surface area contributed by atoms with Crippen molar-refractivity contribution in [3.63, 3.8) is 0 Å². The molecular weight excluding hydrogens is 304 g/mol. The number of ether oxygens (including phenoxy) is 2. The first-order chi connectivity index (χ1) is 11.7. The van der Waals surface area contributed by atoms with Crippen LogP contribution in [-0.4, -0.2) is 88.5 Å². The molecule has 0 amide bonds. The lowest BCUT2D eigenvalue weighted by molar-refractivity contribution is 0.0536. The van der Waals surface area contributed by atoms with Crippen molar-refractivity contribution in [2.45, 2.75) is 38.6 Å². The van der Waals surface area contributed by atoms with E-state index in [0.717, 1.165) is 44.8 Å². The van der Waals surface area contributed by atoms with Crippen LogP contribution in [0, 0.1) is 5.92 Å². The van der Waals surface area contributed by atoms with Gasteiger partial charge in [0.25, 0.3) is 0 Å². The smallest absolute Gasteiger partial charge is 0.193 e. The Kier molecular flexibility index (Phi) is 8.84. The van der Waals surface area contributed by atoms with E-state index in [1.807, 2.05) is 7.05 Å². The van der Waals surface area contributed by atoms with E-state index in [9.17, 15) is 0 Å².